The Morgan fingerprint density at radius 3 is 2.57 bits per heavy atom. The van der Waals surface area contributed by atoms with Gasteiger partial charge in [0.25, 0.3) is 0 Å². The molecular formula is C23H25N5O2. The quantitative estimate of drug-likeness (QED) is 0.455. The van der Waals surface area contributed by atoms with Crippen LogP contribution in [-0.2, 0) is 0 Å². The molecule has 0 radical (unpaired) electrons. The van der Waals surface area contributed by atoms with Gasteiger partial charge in [-0.05, 0) is 64.3 Å². The molecule has 0 amide bonds. The number of carbonyl (C=O) groups is 1. The van der Waals surface area contributed by atoms with Crippen LogP contribution in [0.2, 0.25) is 0 Å². The Hall–Kier alpha value is -3.45. The summed E-state index contributed by atoms with van der Waals surface area (Å²) in [5.74, 6) is -0.948. The second-order valence-corrected chi connectivity index (χ2v) is 7.64. The summed E-state index contributed by atoms with van der Waals surface area (Å²) in [6.45, 7) is 3.83. The zero-order valence-electron chi connectivity index (χ0n) is 17.4. The molecule has 2 aromatic carbocycles. The molecule has 30 heavy (non-hydrogen) atoms. The van der Waals surface area contributed by atoms with Gasteiger partial charge in [-0.1, -0.05) is 18.2 Å². The number of hydrogen-bond donors (Lipinski definition) is 2. The van der Waals surface area contributed by atoms with Gasteiger partial charge in [0.05, 0.1) is 33.5 Å². The van der Waals surface area contributed by atoms with E-state index in [2.05, 4.69) is 30.4 Å². The molecule has 154 valence electrons. The monoisotopic (exact) mass is 403 g/mol. The van der Waals surface area contributed by atoms with Crippen LogP contribution in [-0.4, -0.2) is 57.9 Å². The van der Waals surface area contributed by atoms with Gasteiger partial charge in [-0.3, -0.25) is 0 Å². The number of aryl methyl sites for hydroxylation is 1. The van der Waals surface area contributed by atoms with Crippen molar-refractivity contribution < 1.29 is 9.90 Å². The number of fused-ring (bicyclic) bond motifs is 2. The predicted molar refractivity (Wildman–Crippen MR) is 120 cm³/mol. The number of carboxylic acids is 1. The molecule has 7 nitrogen and oxygen atoms in total. The number of nitrogens with one attached hydrogen (secondary N) is 1. The van der Waals surface area contributed by atoms with Crippen molar-refractivity contribution in [1.82, 2.24) is 19.7 Å². The SMILES string of the molecule is Cc1nn(-c2ccc(C(=O)O)cc2)c2nc3ccccc3c(NCCCN(C)C)c12. The van der Waals surface area contributed by atoms with Crippen LogP contribution in [0.4, 0.5) is 5.69 Å². The van der Waals surface area contributed by atoms with Gasteiger partial charge < -0.3 is 15.3 Å². The summed E-state index contributed by atoms with van der Waals surface area (Å²) in [7, 11) is 4.15. The molecule has 2 N–H and O–H groups in total. The lowest BCUT2D eigenvalue weighted by Crippen LogP contribution is -2.16. The minimum Gasteiger partial charge on any atom is -0.478 e. The molecule has 2 heterocycles. The number of anilines is 1. The first-order chi connectivity index (χ1) is 14.5. The summed E-state index contributed by atoms with van der Waals surface area (Å²) in [6, 6.07) is 14.8. The molecule has 0 aliphatic heterocycles. The first-order valence-corrected chi connectivity index (χ1v) is 9.96. The van der Waals surface area contributed by atoms with E-state index < -0.39 is 5.97 Å². The van der Waals surface area contributed by atoms with Crippen LogP contribution in [0.15, 0.2) is 48.5 Å². The Morgan fingerprint density at radius 1 is 1.13 bits per heavy atom. The lowest BCUT2D eigenvalue weighted by molar-refractivity contribution is 0.0697. The molecule has 0 fully saturated rings. The summed E-state index contributed by atoms with van der Waals surface area (Å²) in [5.41, 5.74) is 4.58. The average molecular weight is 403 g/mol. The number of benzene rings is 2. The fourth-order valence-electron chi connectivity index (χ4n) is 3.66. The maximum atomic E-state index is 11.2. The largest absolute Gasteiger partial charge is 0.478 e. The Balaban J connectivity index is 1.84. The normalized spacial score (nSPS) is 11.5. The highest BCUT2D eigenvalue weighted by Gasteiger charge is 2.18. The Labute approximate surface area is 174 Å². The fourth-order valence-corrected chi connectivity index (χ4v) is 3.66. The lowest BCUT2D eigenvalue weighted by atomic mass is 10.1. The number of aromatic carboxylic acids is 1. The van der Waals surface area contributed by atoms with Crippen molar-refractivity contribution in [3.05, 3.63) is 59.8 Å². The molecule has 4 aromatic rings. The first kappa shape index (κ1) is 19.8. The standard InChI is InChI=1S/C23H25N5O2/c1-15-20-21(24-13-6-14-27(2)3)18-7-4-5-8-19(18)25-22(20)28(26-15)17-11-9-16(10-12-17)23(29)30/h4-5,7-12H,6,13-14H2,1-3H3,(H,24,25)(H,29,30). The van der Waals surface area contributed by atoms with E-state index in [1.165, 1.54) is 0 Å². The third-order valence-corrected chi connectivity index (χ3v) is 5.13. The maximum Gasteiger partial charge on any atom is 0.335 e. The Kier molecular flexibility index (Phi) is 5.37. The number of para-hydroxylation sites is 1. The molecule has 7 heteroatoms. The Bertz CT molecular complexity index is 1210. The molecule has 0 saturated heterocycles. The van der Waals surface area contributed by atoms with Crippen LogP contribution < -0.4 is 5.32 Å². The van der Waals surface area contributed by atoms with E-state index in [1.807, 2.05) is 25.1 Å². The van der Waals surface area contributed by atoms with E-state index in [9.17, 15) is 4.79 Å². The second-order valence-electron chi connectivity index (χ2n) is 7.64. The van der Waals surface area contributed by atoms with Crippen LogP contribution in [0.5, 0.6) is 0 Å². The van der Waals surface area contributed by atoms with Crippen LogP contribution >= 0.6 is 0 Å². The smallest absolute Gasteiger partial charge is 0.335 e. The molecule has 0 aliphatic carbocycles. The van der Waals surface area contributed by atoms with E-state index in [4.69, 9.17) is 15.2 Å². The molecule has 2 aromatic heterocycles. The number of carboxylic acid groups (broad SMARTS) is 1. The minimum absolute atomic E-state index is 0.244. The van der Waals surface area contributed by atoms with Gasteiger partial charge in [0, 0.05) is 11.9 Å². The van der Waals surface area contributed by atoms with Gasteiger partial charge in [0.1, 0.15) is 0 Å². The van der Waals surface area contributed by atoms with Crippen LogP contribution in [0.25, 0.3) is 27.6 Å². The molecule has 0 atom stereocenters. The number of nitrogens with zero attached hydrogens (tertiary/aromatic N) is 4. The maximum absolute atomic E-state index is 11.2. The van der Waals surface area contributed by atoms with Gasteiger partial charge in [-0.25, -0.2) is 14.5 Å². The zero-order valence-corrected chi connectivity index (χ0v) is 17.4. The lowest BCUT2D eigenvalue weighted by Gasteiger charge is -2.14. The van der Waals surface area contributed by atoms with Crippen molar-refractivity contribution in [2.75, 3.05) is 32.5 Å². The van der Waals surface area contributed by atoms with Crippen molar-refractivity contribution in [2.45, 2.75) is 13.3 Å². The fraction of sp³-hybridized carbons (Fsp3) is 0.261. The third-order valence-electron chi connectivity index (χ3n) is 5.13. The van der Waals surface area contributed by atoms with Gasteiger partial charge in [-0.15, -0.1) is 0 Å². The van der Waals surface area contributed by atoms with E-state index in [0.29, 0.717) is 0 Å². The summed E-state index contributed by atoms with van der Waals surface area (Å²) >= 11 is 0. The van der Waals surface area contributed by atoms with E-state index in [1.54, 1.807) is 28.9 Å². The molecule has 0 bridgehead atoms. The zero-order chi connectivity index (χ0) is 21.3. The summed E-state index contributed by atoms with van der Waals surface area (Å²) < 4.78 is 1.79. The van der Waals surface area contributed by atoms with Gasteiger partial charge in [-0.2, -0.15) is 5.10 Å². The van der Waals surface area contributed by atoms with Gasteiger partial charge in [0.15, 0.2) is 5.65 Å². The summed E-state index contributed by atoms with van der Waals surface area (Å²) in [6.07, 6.45) is 1.02. The van der Waals surface area contributed by atoms with Gasteiger partial charge >= 0.3 is 5.97 Å². The Morgan fingerprint density at radius 2 is 1.87 bits per heavy atom. The molecular weight excluding hydrogens is 378 g/mol. The van der Waals surface area contributed by atoms with E-state index in [0.717, 1.165) is 58.5 Å². The summed E-state index contributed by atoms with van der Waals surface area (Å²) in [4.78, 5) is 18.2. The van der Waals surface area contributed by atoms with Crippen LogP contribution in [0, 0.1) is 6.92 Å². The number of hydrogen-bond acceptors (Lipinski definition) is 5. The van der Waals surface area contributed by atoms with Crippen molar-refractivity contribution in [3.8, 4) is 5.69 Å². The molecule has 0 spiro atoms. The van der Waals surface area contributed by atoms with Crippen molar-refractivity contribution in [2.24, 2.45) is 0 Å². The van der Waals surface area contributed by atoms with E-state index in [-0.39, 0.29) is 5.56 Å². The number of pyridine rings is 1. The van der Waals surface area contributed by atoms with Crippen molar-refractivity contribution in [3.63, 3.8) is 0 Å². The molecule has 4 rings (SSSR count). The second kappa shape index (κ2) is 8.12. The number of rotatable bonds is 7. The third kappa shape index (κ3) is 3.71. The number of aromatic nitrogens is 3. The molecule has 0 unspecified atom stereocenters. The minimum atomic E-state index is -0.948. The topological polar surface area (TPSA) is 83.3 Å². The highest BCUT2D eigenvalue weighted by atomic mass is 16.4. The van der Waals surface area contributed by atoms with Gasteiger partial charge in [0.2, 0.25) is 0 Å². The molecule has 0 saturated carbocycles. The van der Waals surface area contributed by atoms with E-state index >= 15 is 0 Å². The first-order valence-electron chi connectivity index (χ1n) is 9.96. The summed E-state index contributed by atoms with van der Waals surface area (Å²) in [5, 5.41) is 19.6. The molecule has 0 aliphatic rings. The van der Waals surface area contributed by atoms with Crippen LogP contribution in [0.1, 0.15) is 22.5 Å². The average Bonchev–Trinajstić information content (AvgIpc) is 3.06. The van der Waals surface area contributed by atoms with Crippen LogP contribution in [0.3, 0.4) is 0 Å². The predicted octanol–water partition coefficient (Wildman–Crippen LogP) is 3.94. The van der Waals surface area contributed by atoms with Crippen molar-refractivity contribution >= 4 is 33.6 Å². The highest BCUT2D eigenvalue weighted by Crippen LogP contribution is 2.34. The highest BCUT2D eigenvalue weighted by molar-refractivity contribution is 6.08. The van der Waals surface area contributed by atoms with Crippen molar-refractivity contribution in [1.29, 1.82) is 0 Å².